The van der Waals surface area contributed by atoms with Crippen molar-refractivity contribution in [3.05, 3.63) is 0 Å². The van der Waals surface area contributed by atoms with E-state index in [1.165, 1.54) is 6.42 Å². The molecule has 2 aliphatic carbocycles. The molecule has 0 saturated heterocycles. The molecule has 4 heteroatoms. The van der Waals surface area contributed by atoms with Gasteiger partial charge in [-0.25, -0.2) is 0 Å². The SMILES string of the molecule is CC1CCCC(N)(C(=O)NC2CCCC(O)C2)C1. The Bertz CT molecular complexity index is 308. The van der Waals surface area contributed by atoms with E-state index in [4.69, 9.17) is 5.73 Å². The van der Waals surface area contributed by atoms with Gasteiger partial charge in [0.2, 0.25) is 5.91 Å². The Balaban J connectivity index is 1.90. The van der Waals surface area contributed by atoms with Gasteiger partial charge in [-0.2, -0.15) is 0 Å². The first-order chi connectivity index (χ1) is 8.49. The van der Waals surface area contributed by atoms with Crippen LogP contribution >= 0.6 is 0 Å². The zero-order chi connectivity index (χ0) is 13.2. The molecule has 4 N–H and O–H groups in total. The summed E-state index contributed by atoms with van der Waals surface area (Å²) in [6.07, 6.45) is 7.02. The summed E-state index contributed by atoms with van der Waals surface area (Å²) >= 11 is 0. The molecule has 0 aromatic rings. The van der Waals surface area contributed by atoms with Crippen LogP contribution < -0.4 is 11.1 Å². The minimum absolute atomic E-state index is 0.00634. The smallest absolute Gasteiger partial charge is 0.240 e. The van der Waals surface area contributed by atoms with Gasteiger partial charge in [-0.05, 0) is 44.4 Å². The van der Waals surface area contributed by atoms with E-state index in [0.29, 0.717) is 12.3 Å². The standard InChI is InChI=1S/C14H26N2O2/c1-10-4-3-7-14(15,9-10)13(18)16-11-5-2-6-12(17)8-11/h10-12,17H,2-9,15H2,1H3,(H,16,18). The monoisotopic (exact) mass is 254 g/mol. The van der Waals surface area contributed by atoms with E-state index < -0.39 is 5.54 Å². The first-order valence-electron chi connectivity index (χ1n) is 7.27. The molecule has 4 unspecified atom stereocenters. The zero-order valence-corrected chi connectivity index (χ0v) is 11.3. The minimum Gasteiger partial charge on any atom is -0.393 e. The number of aliphatic hydroxyl groups is 1. The molecular formula is C14H26N2O2. The van der Waals surface area contributed by atoms with Crippen LogP contribution in [0.3, 0.4) is 0 Å². The third-order valence-electron chi connectivity index (χ3n) is 4.47. The molecule has 2 rings (SSSR count). The Labute approximate surface area is 109 Å². The van der Waals surface area contributed by atoms with Crippen LogP contribution in [0, 0.1) is 5.92 Å². The van der Waals surface area contributed by atoms with E-state index in [-0.39, 0.29) is 18.1 Å². The lowest BCUT2D eigenvalue weighted by Crippen LogP contribution is -2.58. The summed E-state index contributed by atoms with van der Waals surface area (Å²) in [4.78, 5) is 12.3. The fourth-order valence-electron chi connectivity index (χ4n) is 3.42. The number of amides is 1. The molecule has 0 bridgehead atoms. The Kier molecular flexibility index (Phi) is 4.28. The average molecular weight is 254 g/mol. The number of carbonyl (C=O) groups excluding carboxylic acids is 1. The van der Waals surface area contributed by atoms with E-state index in [1.807, 2.05) is 0 Å². The van der Waals surface area contributed by atoms with E-state index >= 15 is 0 Å². The van der Waals surface area contributed by atoms with E-state index in [0.717, 1.165) is 38.5 Å². The third-order valence-corrected chi connectivity index (χ3v) is 4.47. The first-order valence-corrected chi connectivity index (χ1v) is 7.27. The molecule has 2 fully saturated rings. The Hall–Kier alpha value is -0.610. The van der Waals surface area contributed by atoms with Gasteiger partial charge >= 0.3 is 0 Å². The molecule has 0 spiro atoms. The van der Waals surface area contributed by atoms with Crippen molar-refractivity contribution in [3.63, 3.8) is 0 Å². The van der Waals surface area contributed by atoms with Gasteiger partial charge in [0.15, 0.2) is 0 Å². The number of hydrogen-bond acceptors (Lipinski definition) is 3. The fraction of sp³-hybridized carbons (Fsp3) is 0.929. The van der Waals surface area contributed by atoms with Gasteiger partial charge in [-0.15, -0.1) is 0 Å². The summed E-state index contributed by atoms with van der Waals surface area (Å²) in [5, 5.41) is 12.7. The van der Waals surface area contributed by atoms with Crippen LogP contribution in [0.5, 0.6) is 0 Å². The van der Waals surface area contributed by atoms with Crippen LogP contribution in [0.15, 0.2) is 0 Å². The van der Waals surface area contributed by atoms with Crippen molar-refractivity contribution in [2.45, 2.75) is 76.0 Å². The van der Waals surface area contributed by atoms with E-state index in [9.17, 15) is 9.90 Å². The van der Waals surface area contributed by atoms with E-state index in [1.54, 1.807) is 0 Å². The topological polar surface area (TPSA) is 75.4 Å². The molecule has 2 saturated carbocycles. The van der Waals surface area contributed by atoms with Crippen molar-refractivity contribution >= 4 is 5.91 Å². The first kappa shape index (κ1) is 13.8. The summed E-state index contributed by atoms with van der Waals surface area (Å²) < 4.78 is 0. The van der Waals surface area contributed by atoms with Crippen LogP contribution in [0.2, 0.25) is 0 Å². The van der Waals surface area contributed by atoms with E-state index in [2.05, 4.69) is 12.2 Å². The third kappa shape index (κ3) is 3.23. The highest BCUT2D eigenvalue weighted by atomic mass is 16.3. The lowest BCUT2D eigenvalue weighted by molar-refractivity contribution is -0.129. The molecule has 1 amide bonds. The predicted molar refractivity (Wildman–Crippen MR) is 71.0 cm³/mol. The molecule has 18 heavy (non-hydrogen) atoms. The van der Waals surface area contributed by atoms with Crippen molar-refractivity contribution in [2.75, 3.05) is 0 Å². The van der Waals surface area contributed by atoms with Crippen LogP contribution in [-0.2, 0) is 4.79 Å². The van der Waals surface area contributed by atoms with Crippen molar-refractivity contribution in [2.24, 2.45) is 11.7 Å². The normalized spacial score (nSPS) is 41.4. The molecule has 0 aliphatic heterocycles. The Morgan fingerprint density at radius 3 is 2.78 bits per heavy atom. The van der Waals surface area contributed by atoms with Gasteiger partial charge in [-0.3, -0.25) is 4.79 Å². The van der Waals surface area contributed by atoms with Crippen LogP contribution in [-0.4, -0.2) is 28.7 Å². The fourth-order valence-corrected chi connectivity index (χ4v) is 3.42. The summed E-state index contributed by atoms with van der Waals surface area (Å²) in [6, 6.07) is 0.110. The molecule has 4 atom stereocenters. The van der Waals surface area contributed by atoms with Crippen LogP contribution in [0.25, 0.3) is 0 Å². The molecular weight excluding hydrogens is 228 g/mol. The molecule has 0 aromatic carbocycles. The maximum Gasteiger partial charge on any atom is 0.240 e. The second kappa shape index (κ2) is 5.57. The highest BCUT2D eigenvalue weighted by molar-refractivity contribution is 5.86. The number of aliphatic hydroxyl groups excluding tert-OH is 1. The number of carbonyl (C=O) groups is 1. The highest BCUT2D eigenvalue weighted by Gasteiger charge is 2.39. The second-order valence-electron chi connectivity index (χ2n) is 6.35. The lowest BCUT2D eigenvalue weighted by Gasteiger charge is -2.37. The van der Waals surface area contributed by atoms with Gasteiger partial charge in [0.1, 0.15) is 0 Å². The highest BCUT2D eigenvalue weighted by Crippen LogP contribution is 2.31. The van der Waals surface area contributed by atoms with Crippen molar-refractivity contribution in [3.8, 4) is 0 Å². The van der Waals surface area contributed by atoms with Crippen LogP contribution in [0.1, 0.15) is 58.3 Å². The average Bonchev–Trinajstić information content (AvgIpc) is 2.28. The number of rotatable bonds is 2. The van der Waals surface area contributed by atoms with Crippen molar-refractivity contribution in [1.82, 2.24) is 5.32 Å². The Morgan fingerprint density at radius 1 is 1.33 bits per heavy atom. The summed E-state index contributed by atoms with van der Waals surface area (Å²) in [7, 11) is 0. The van der Waals surface area contributed by atoms with Crippen molar-refractivity contribution < 1.29 is 9.90 Å². The summed E-state index contributed by atoms with van der Waals surface area (Å²) in [5.74, 6) is 0.527. The molecule has 104 valence electrons. The molecule has 0 heterocycles. The van der Waals surface area contributed by atoms with Gasteiger partial charge < -0.3 is 16.2 Å². The zero-order valence-electron chi connectivity index (χ0n) is 11.3. The van der Waals surface area contributed by atoms with Gasteiger partial charge in [0.05, 0.1) is 11.6 Å². The maximum absolute atomic E-state index is 12.3. The molecule has 0 aromatic heterocycles. The second-order valence-corrected chi connectivity index (χ2v) is 6.35. The summed E-state index contributed by atoms with van der Waals surface area (Å²) in [6.45, 7) is 2.17. The largest absolute Gasteiger partial charge is 0.393 e. The summed E-state index contributed by atoms with van der Waals surface area (Å²) in [5.41, 5.74) is 5.59. The molecule has 0 radical (unpaired) electrons. The van der Waals surface area contributed by atoms with Gasteiger partial charge in [0, 0.05) is 6.04 Å². The Morgan fingerprint density at radius 2 is 2.11 bits per heavy atom. The van der Waals surface area contributed by atoms with Crippen molar-refractivity contribution in [1.29, 1.82) is 0 Å². The predicted octanol–water partition coefficient (Wildman–Crippen LogP) is 1.31. The maximum atomic E-state index is 12.3. The molecule has 4 nitrogen and oxygen atoms in total. The minimum atomic E-state index is -0.680. The van der Waals surface area contributed by atoms with Gasteiger partial charge in [0.25, 0.3) is 0 Å². The number of nitrogens with one attached hydrogen (secondary N) is 1. The lowest BCUT2D eigenvalue weighted by atomic mass is 9.76. The number of nitrogens with two attached hydrogens (primary N) is 1. The van der Waals surface area contributed by atoms with Gasteiger partial charge in [-0.1, -0.05) is 19.8 Å². The molecule has 2 aliphatic rings. The van der Waals surface area contributed by atoms with Crippen LogP contribution in [0.4, 0.5) is 0 Å². The quantitative estimate of drug-likeness (QED) is 0.695. The number of hydrogen-bond donors (Lipinski definition) is 3.